The van der Waals surface area contributed by atoms with Crippen LogP contribution in [0.2, 0.25) is 0 Å². The molecule has 3 heteroatoms. The highest BCUT2D eigenvalue weighted by atomic mass is 16.4. The van der Waals surface area contributed by atoms with Gasteiger partial charge in [-0.05, 0) is 19.3 Å². The van der Waals surface area contributed by atoms with Crippen molar-refractivity contribution in [1.29, 1.82) is 0 Å². The maximum absolute atomic E-state index is 9.74. The lowest BCUT2D eigenvalue weighted by Gasteiger charge is -2.11. The van der Waals surface area contributed by atoms with Gasteiger partial charge in [0.15, 0.2) is 0 Å². The third-order valence-corrected chi connectivity index (χ3v) is 2.63. The van der Waals surface area contributed by atoms with Crippen molar-refractivity contribution in [3.8, 4) is 0 Å². The molecule has 0 aliphatic carbocycles. The van der Waals surface area contributed by atoms with Gasteiger partial charge in [0.25, 0.3) is 0 Å². The Bertz CT molecular complexity index is 169. The zero-order valence-electron chi connectivity index (χ0n) is 10.1. The molecule has 0 heterocycles. The fourth-order valence-corrected chi connectivity index (χ4v) is 1.59. The third kappa shape index (κ3) is 7.37. The molecule has 0 saturated carbocycles. The monoisotopic (exact) mass is 215 g/mol. The van der Waals surface area contributed by atoms with Gasteiger partial charge in [-0.2, -0.15) is 0 Å². The van der Waals surface area contributed by atoms with Gasteiger partial charge in [0.05, 0.1) is 11.8 Å². The average Bonchev–Trinajstić information content (AvgIpc) is 2.24. The molecule has 0 aromatic heterocycles. The van der Waals surface area contributed by atoms with Gasteiger partial charge in [-0.3, -0.25) is 0 Å². The molecule has 0 aromatic carbocycles. The molecule has 0 amide bonds. The van der Waals surface area contributed by atoms with Crippen LogP contribution in [0.5, 0.6) is 0 Å². The molecule has 2 N–H and O–H groups in total. The fraction of sp³-hybridized carbons (Fsp3) is 0.917. The van der Waals surface area contributed by atoms with Gasteiger partial charge in [-0.15, -0.1) is 0 Å². The lowest BCUT2D eigenvalue weighted by molar-refractivity contribution is 0.213. The lowest BCUT2D eigenvalue weighted by Crippen LogP contribution is -2.20. The summed E-state index contributed by atoms with van der Waals surface area (Å²) in [7, 11) is 0. The van der Waals surface area contributed by atoms with E-state index in [-0.39, 0.29) is 0 Å². The average molecular weight is 215 g/mol. The Morgan fingerprint density at radius 2 is 1.67 bits per heavy atom. The van der Waals surface area contributed by atoms with E-state index in [0.717, 1.165) is 51.4 Å². The highest BCUT2D eigenvalue weighted by Gasteiger charge is 2.12. The molecule has 0 spiro atoms. The molecule has 1 atom stereocenters. The summed E-state index contributed by atoms with van der Waals surface area (Å²) in [4.78, 5) is 0. The Hall–Kier alpha value is -0.570. The van der Waals surface area contributed by atoms with Gasteiger partial charge in [0.1, 0.15) is 0 Å². The van der Waals surface area contributed by atoms with Crippen molar-refractivity contribution in [2.75, 3.05) is 0 Å². The summed E-state index contributed by atoms with van der Waals surface area (Å²) < 4.78 is 0. The van der Waals surface area contributed by atoms with E-state index in [1.54, 1.807) is 0 Å². The van der Waals surface area contributed by atoms with Crippen molar-refractivity contribution in [3.05, 3.63) is 0 Å². The van der Waals surface area contributed by atoms with Crippen LogP contribution in [0.3, 0.4) is 0 Å². The van der Waals surface area contributed by atoms with Gasteiger partial charge in [-0.25, -0.2) is 0 Å². The van der Waals surface area contributed by atoms with Crippen molar-refractivity contribution < 1.29 is 10.3 Å². The second kappa shape index (κ2) is 9.97. The van der Waals surface area contributed by atoms with Crippen molar-refractivity contribution in [3.63, 3.8) is 0 Å². The quantitative estimate of drug-likeness (QED) is 0.268. The molecule has 0 radical (unpaired) electrons. The zero-order chi connectivity index (χ0) is 11.5. The number of hydrogen-bond donors (Lipinski definition) is 2. The predicted molar refractivity (Wildman–Crippen MR) is 63.5 cm³/mol. The molecule has 0 rings (SSSR count). The summed E-state index contributed by atoms with van der Waals surface area (Å²) in [5, 5.41) is 21.7. The molecular formula is C12H25NO2. The highest BCUT2D eigenvalue weighted by Crippen LogP contribution is 2.09. The fourth-order valence-electron chi connectivity index (χ4n) is 1.59. The van der Waals surface area contributed by atoms with E-state index in [0.29, 0.717) is 5.71 Å². The van der Waals surface area contributed by atoms with Crippen molar-refractivity contribution in [1.82, 2.24) is 0 Å². The first-order valence-electron chi connectivity index (χ1n) is 6.15. The normalized spacial score (nSPS) is 14.2. The number of nitrogens with zero attached hydrogens (tertiary/aromatic N) is 1. The lowest BCUT2D eigenvalue weighted by atomic mass is 10.0. The Morgan fingerprint density at radius 1 is 1.07 bits per heavy atom. The van der Waals surface area contributed by atoms with Gasteiger partial charge in [0.2, 0.25) is 0 Å². The van der Waals surface area contributed by atoms with Crippen LogP contribution in [0.1, 0.15) is 65.2 Å². The van der Waals surface area contributed by atoms with Gasteiger partial charge < -0.3 is 10.3 Å². The van der Waals surface area contributed by atoms with Crippen LogP contribution < -0.4 is 0 Å². The Kier molecular flexibility index (Phi) is 9.59. The smallest absolute Gasteiger partial charge is 0.0954 e. The summed E-state index contributed by atoms with van der Waals surface area (Å²) >= 11 is 0. The molecule has 1 unspecified atom stereocenters. The minimum absolute atomic E-state index is 0.543. The topological polar surface area (TPSA) is 52.8 Å². The van der Waals surface area contributed by atoms with E-state index >= 15 is 0 Å². The second-order valence-electron chi connectivity index (χ2n) is 4.06. The Balaban J connectivity index is 3.74. The van der Waals surface area contributed by atoms with Gasteiger partial charge >= 0.3 is 0 Å². The van der Waals surface area contributed by atoms with Gasteiger partial charge in [-0.1, -0.05) is 51.1 Å². The molecule has 3 nitrogen and oxygen atoms in total. The van der Waals surface area contributed by atoms with Crippen LogP contribution in [-0.2, 0) is 0 Å². The van der Waals surface area contributed by atoms with Crippen LogP contribution >= 0.6 is 0 Å². The van der Waals surface area contributed by atoms with Crippen molar-refractivity contribution in [2.24, 2.45) is 5.16 Å². The van der Waals surface area contributed by atoms with Gasteiger partial charge in [0, 0.05) is 0 Å². The number of unbranched alkanes of at least 4 members (excludes halogenated alkanes) is 4. The maximum Gasteiger partial charge on any atom is 0.0954 e. The van der Waals surface area contributed by atoms with Crippen LogP contribution in [0.15, 0.2) is 5.16 Å². The molecule has 0 aromatic rings. The van der Waals surface area contributed by atoms with E-state index in [2.05, 4.69) is 19.0 Å². The summed E-state index contributed by atoms with van der Waals surface area (Å²) in [6.45, 7) is 4.27. The molecule has 0 bridgehead atoms. The molecular weight excluding hydrogens is 190 g/mol. The minimum atomic E-state index is -0.543. The predicted octanol–water partition coefficient (Wildman–Crippen LogP) is 3.34. The first-order chi connectivity index (χ1) is 7.26. The molecule has 0 aliphatic rings. The first kappa shape index (κ1) is 14.4. The third-order valence-electron chi connectivity index (χ3n) is 2.63. The largest absolute Gasteiger partial charge is 0.411 e. The number of rotatable bonds is 9. The van der Waals surface area contributed by atoms with Crippen molar-refractivity contribution in [2.45, 2.75) is 71.3 Å². The minimum Gasteiger partial charge on any atom is -0.411 e. The molecule has 90 valence electrons. The molecule has 0 aliphatic heterocycles. The maximum atomic E-state index is 9.74. The molecule has 15 heavy (non-hydrogen) atoms. The number of hydrogen-bond acceptors (Lipinski definition) is 3. The van der Waals surface area contributed by atoms with E-state index < -0.39 is 6.10 Å². The second-order valence-corrected chi connectivity index (χ2v) is 4.06. The van der Waals surface area contributed by atoms with Crippen LogP contribution in [-0.4, -0.2) is 22.1 Å². The summed E-state index contributed by atoms with van der Waals surface area (Å²) in [5.41, 5.74) is 0.555. The summed E-state index contributed by atoms with van der Waals surface area (Å²) in [6.07, 6.45) is 7.45. The highest BCUT2D eigenvalue weighted by molar-refractivity contribution is 5.87. The first-order valence-corrected chi connectivity index (χ1v) is 6.15. The number of aliphatic hydroxyl groups is 1. The summed E-state index contributed by atoms with van der Waals surface area (Å²) in [5.74, 6) is 0. The molecule has 0 saturated heterocycles. The van der Waals surface area contributed by atoms with Crippen LogP contribution in [0.25, 0.3) is 0 Å². The van der Waals surface area contributed by atoms with E-state index in [1.807, 2.05) is 0 Å². The van der Waals surface area contributed by atoms with Crippen LogP contribution in [0, 0.1) is 0 Å². The number of oxime groups is 1. The Labute approximate surface area is 93.2 Å². The van der Waals surface area contributed by atoms with E-state index in [9.17, 15) is 5.11 Å². The Morgan fingerprint density at radius 3 is 2.20 bits per heavy atom. The standard InChI is InChI=1S/C12H25NO2/c1-3-5-7-9-11(13-15)12(14)10-8-6-4-2/h12,14-15H,3-10H2,1-2H3. The summed E-state index contributed by atoms with van der Waals surface area (Å²) in [6, 6.07) is 0. The van der Waals surface area contributed by atoms with E-state index in [4.69, 9.17) is 5.21 Å². The van der Waals surface area contributed by atoms with Crippen molar-refractivity contribution >= 4 is 5.71 Å². The van der Waals surface area contributed by atoms with Crippen LogP contribution in [0.4, 0.5) is 0 Å². The molecule has 0 fully saturated rings. The zero-order valence-corrected chi connectivity index (χ0v) is 10.1. The van der Waals surface area contributed by atoms with E-state index in [1.165, 1.54) is 0 Å². The number of aliphatic hydroxyl groups excluding tert-OH is 1. The SMILES string of the molecule is CCCCCC(=NO)C(O)CCCCC.